The molecule has 0 aromatic carbocycles. The van der Waals surface area contributed by atoms with Crippen molar-refractivity contribution in [2.75, 3.05) is 63.9 Å². The van der Waals surface area contributed by atoms with Crippen LogP contribution in [0.25, 0.3) is 0 Å². The van der Waals surface area contributed by atoms with Gasteiger partial charge in [-0.2, -0.15) is 0 Å². The van der Waals surface area contributed by atoms with Crippen LogP contribution in [0.4, 0.5) is 0 Å². The summed E-state index contributed by atoms with van der Waals surface area (Å²) < 4.78 is 2.36. The first kappa shape index (κ1) is 36.2. The Morgan fingerprint density at radius 1 is 0.694 bits per heavy atom. The van der Waals surface area contributed by atoms with Gasteiger partial charge in [0, 0.05) is 12.2 Å². The molecular weight excluding hydrogens is 484 g/mol. The Balaban J connectivity index is 4.50. The predicted octanol–water partition coefficient (Wildman–Crippen LogP) is 7.59. The van der Waals surface area contributed by atoms with E-state index in [9.17, 15) is 9.90 Å². The molecule has 0 radical (unpaired) electrons. The van der Waals surface area contributed by atoms with Crippen LogP contribution < -0.4 is 0 Å². The molecule has 4 unspecified atom stereocenters. The Morgan fingerprint density at radius 3 is 1.78 bits per heavy atom. The molecule has 1 N–H and O–H groups in total. The van der Waals surface area contributed by atoms with Gasteiger partial charge >= 0.3 is 0 Å². The van der Waals surface area contributed by atoms with Crippen molar-refractivity contribution in [2.24, 2.45) is 5.92 Å². The topological polar surface area (TPSA) is 37.3 Å². The lowest BCUT2D eigenvalue weighted by Crippen LogP contribution is -2.50. The van der Waals surface area contributed by atoms with Crippen molar-refractivity contribution in [3.63, 3.8) is 0 Å². The molecule has 216 valence electrons. The summed E-state index contributed by atoms with van der Waals surface area (Å²) in [6.45, 7) is 25.5. The SMILES string of the molecule is CCCCC(=O)SCC[N+](CC)(CCC)CCCCC(C)C(O)SCC[N+](CC)(CCC)CCCC. The van der Waals surface area contributed by atoms with Crippen LogP contribution in [0.1, 0.15) is 113 Å². The molecule has 0 spiro atoms. The van der Waals surface area contributed by atoms with Crippen molar-refractivity contribution in [1.29, 1.82) is 0 Å². The summed E-state index contributed by atoms with van der Waals surface area (Å²) in [5.74, 6) is 2.36. The molecule has 0 fully saturated rings. The summed E-state index contributed by atoms with van der Waals surface area (Å²) in [6.07, 6.45) is 11.4. The van der Waals surface area contributed by atoms with Gasteiger partial charge in [0.1, 0.15) is 5.44 Å². The van der Waals surface area contributed by atoms with Crippen molar-refractivity contribution in [3.05, 3.63) is 0 Å². The molecule has 0 aromatic heterocycles. The Labute approximate surface area is 234 Å². The third-order valence-corrected chi connectivity index (χ3v) is 10.3. The number of unbranched alkanes of at least 4 members (excludes halogenated alkanes) is 3. The van der Waals surface area contributed by atoms with E-state index in [4.69, 9.17) is 0 Å². The van der Waals surface area contributed by atoms with Crippen LogP contribution in [0.15, 0.2) is 0 Å². The fourth-order valence-electron chi connectivity index (χ4n) is 5.40. The Bertz CT molecular complexity index is 537. The third kappa shape index (κ3) is 15.6. The molecule has 0 saturated carbocycles. The maximum atomic E-state index is 12.1. The van der Waals surface area contributed by atoms with E-state index < -0.39 is 0 Å². The second-order valence-corrected chi connectivity index (χ2v) is 13.4. The molecule has 0 rings (SSSR count). The molecule has 0 aromatic rings. The second kappa shape index (κ2) is 22.1. The maximum Gasteiger partial charge on any atom is 0.189 e. The van der Waals surface area contributed by atoms with E-state index in [2.05, 4.69) is 48.5 Å². The molecule has 0 amide bonds. The first-order valence-electron chi connectivity index (χ1n) is 15.4. The zero-order chi connectivity index (χ0) is 27.3. The van der Waals surface area contributed by atoms with Crippen molar-refractivity contribution in [3.8, 4) is 0 Å². The highest BCUT2D eigenvalue weighted by molar-refractivity contribution is 8.13. The highest BCUT2D eigenvalue weighted by atomic mass is 32.2. The minimum Gasteiger partial charge on any atom is -0.382 e. The number of aliphatic hydroxyl groups excluding tert-OH is 1. The number of hydrogen-bond donors (Lipinski definition) is 1. The molecule has 0 heterocycles. The number of quaternary nitrogens is 2. The van der Waals surface area contributed by atoms with Crippen molar-refractivity contribution < 1.29 is 18.9 Å². The first-order chi connectivity index (χ1) is 17.3. The third-order valence-electron chi connectivity index (χ3n) is 8.17. The minimum absolute atomic E-state index is 0.247. The summed E-state index contributed by atoms with van der Waals surface area (Å²) in [6, 6.07) is 0. The van der Waals surface area contributed by atoms with Crippen molar-refractivity contribution in [1.82, 2.24) is 0 Å². The van der Waals surface area contributed by atoms with E-state index in [1.165, 1.54) is 82.3 Å². The lowest BCUT2D eigenvalue weighted by atomic mass is 10.0. The zero-order valence-corrected chi connectivity index (χ0v) is 27.0. The summed E-state index contributed by atoms with van der Waals surface area (Å²) >= 11 is 3.34. The first-order valence-corrected chi connectivity index (χ1v) is 17.5. The number of rotatable bonds is 25. The van der Waals surface area contributed by atoms with Gasteiger partial charge in [-0.25, -0.2) is 0 Å². The minimum atomic E-state index is -0.247. The summed E-state index contributed by atoms with van der Waals surface area (Å²) in [5, 5.41) is 11.2. The number of hydrogen-bond acceptors (Lipinski definition) is 4. The molecule has 0 saturated heterocycles. The van der Waals surface area contributed by atoms with E-state index in [-0.39, 0.29) is 5.44 Å². The Hall–Kier alpha value is 0.250. The summed E-state index contributed by atoms with van der Waals surface area (Å²) in [4.78, 5) is 12.1. The molecule has 4 atom stereocenters. The smallest absolute Gasteiger partial charge is 0.189 e. The van der Waals surface area contributed by atoms with E-state index in [0.29, 0.717) is 11.0 Å². The van der Waals surface area contributed by atoms with Gasteiger partial charge in [0.15, 0.2) is 5.12 Å². The number of thioether (sulfide) groups is 2. The van der Waals surface area contributed by atoms with Crippen LogP contribution >= 0.6 is 23.5 Å². The second-order valence-electron chi connectivity index (χ2n) is 11.1. The molecule has 0 aliphatic carbocycles. The van der Waals surface area contributed by atoms with Gasteiger partial charge in [0.05, 0.1) is 58.1 Å². The van der Waals surface area contributed by atoms with Gasteiger partial charge in [-0.15, -0.1) is 11.8 Å². The summed E-state index contributed by atoms with van der Waals surface area (Å²) in [7, 11) is 0. The van der Waals surface area contributed by atoms with Crippen LogP contribution in [-0.4, -0.2) is 88.5 Å². The van der Waals surface area contributed by atoms with Gasteiger partial charge in [-0.3, -0.25) is 4.79 Å². The Morgan fingerprint density at radius 2 is 1.25 bits per heavy atom. The average Bonchev–Trinajstić information content (AvgIpc) is 2.88. The van der Waals surface area contributed by atoms with Crippen LogP contribution in [0, 0.1) is 5.92 Å². The van der Waals surface area contributed by atoms with Crippen molar-refractivity contribution in [2.45, 2.75) is 118 Å². The highest BCUT2D eigenvalue weighted by Crippen LogP contribution is 2.24. The largest absolute Gasteiger partial charge is 0.382 e. The van der Waals surface area contributed by atoms with E-state index in [1.54, 1.807) is 23.5 Å². The van der Waals surface area contributed by atoms with Crippen molar-refractivity contribution >= 4 is 28.6 Å². The number of nitrogens with zero attached hydrogens (tertiary/aromatic N) is 2. The van der Waals surface area contributed by atoms with Gasteiger partial charge in [-0.05, 0) is 64.7 Å². The average molecular weight is 549 g/mol. The normalized spacial score (nSPS) is 16.9. The van der Waals surface area contributed by atoms with Crippen LogP contribution in [0.2, 0.25) is 0 Å². The molecule has 6 heteroatoms. The monoisotopic (exact) mass is 548 g/mol. The maximum absolute atomic E-state index is 12.1. The van der Waals surface area contributed by atoms with E-state index >= 15 is 0 Å². The predicted molar refractivity (Wildman–Crippen MR) is 165 cm³/mol. The number of carbonyl (C=O) groups is 1. The lowest BCUT2D eigenvalue weighted by molar-refractivity contribution is -0.924. The number of carbonyl (C=O) groups excluding carboxylic acids is 1. The quantitative estimate of drug-likeness (QED) is 0.0724. The lowest BCUT2D eigenvalue weighted by Gasteiger charge is -2.38. The fourth-order valence-corrected chi connectivity index (χ4v) is 7.59. The molecule has 36 heavy (non-hydrogen) atoms. The molecular formula is C30H64N2O2S2+2. The molecule has 0 aliphatic heterocycles. The Kier molecular flexibility index (Phi) is 22.3. The van der Waals surface area contributed by atoms with Gasteiger partial charge < -0.3 is 14.1 Å². The van der Waals surface area contributed by atoms with Gasteiger partial charge in [0.25, 0.3) is 0 Å². The molecule has 0 bridgehead atoms. The van der Waals surface area contributed by atoms with Crippen LogP contribution in [-0.2, 0) is 4.79 Å². The van der Waals surface area contributed by atoms with Crippen LogP contribution in [0.3, 0.4) is 0 Å². The standard InChI is InChI=1S/C30H64N2O2S2/c1-8-14-19-29(33)35-26-24-32(13-6,21-11-4)23-17-16-18-28(7)30(34)36-27-25-31(12-5,20-10-3)22-15-9-2/h28,30,34H,8-27H2,1-7H3/q+2. The van der Waals surface area contributed by atoms with E-state index in [1.807, 2.05) is 0 Å². The molecule has 4 nitrogen and oxygen atoms in total. The summed E-state index contributed by atoms with van der Waals surface area (Å²) in [5.41, 5.74) is -0.247. The van der Waals surface area contributed by atoms with Crippen LogP contribution in [0.5, 0.6) is 0 Å². The highest BCUT2D eigenvalue weighted by Gasteiger charge is 2.26. The zero-order valence-electron chi connectivity index (χ0n) is 25.4. The van der Waals surface area contributed by atoms with E-state index in [0.717, 1.165) is 54.8 Å². The molecule has 0 aliphatic rings. The fraction of sp³-hybridized carbons (Fsp3) is 0.967. The van der Waals surface area contributed by atoms with Gasteiger partial charge in [-0.1, -0.05) is 59.2 Å². The van der Waals surface area contributed by atoms with Gasteiger partial charge in [0.2, 0.25) is 0 Å². The number of aliphatic hydroxyl groups is 1.